The Bertz CT molecular complexity index is 401. The molecular formula is C14H19NO. The minimum atomic E-state index is -0.0418. The summed E-state index contributed by atoms with van der Waals surface area (Å²) in [6.07, 6.45) is 8.29. The van der Waals surface area contributed by atoms with Gasteiger partial charge in [-0.3, -0.25) is 4.99 Å². The third-order valence-electron chi connectivity index (χ3n) is 3.43. The first kappa shape index (κ1) is 11.2. The van der Waals surface area contributed by atoms with Crippen molar-refractivity contribution in [1.29, 1.82) is 0 Å². The summed E-state index contributed by atoms with van der Waals surface area (Å²) in [5.41, 5.74) is 2.59. The molecule has 3 atom stereocenters. The van der Waals surface area contributed by atoms with Gasteiger partial charge in [0.15, 0.2) is 6.23 Å². The van der Waals surface area contributed by atoms with Crippen LogP contribution in [0.2, 0.25) is 0 Å². The predicted octanol–water partition coefficient (Wildman–Crippen LogP) is 3.48. The highest BCUT2D eigenvalue weighted by Gasteiger charge is 2.35. The van der Waals surface area contributed by atoms with Crippen LogP contribution in [0.25, 0.3) is 0 Å². The van der Waals surface area contributed by atoms with Crippen molar-refractivity contribution in [3.05, 3.63) is 35.1 Å². The van der Waals surface area contributed by atoms with Gasteiger partial charge in [-0.2, -0.15) is 0 Å². The quantitative estimate of drug-likeness (QED) is 0.616. The third-order valence-corrected chi connectivity index (χ3v) is 3.43. The van der Waals surface area contributed by atoms with Crippen LogP contribution in [-0.2, 0) is 4.74 Å². The van der Waals surface area contributed by atoms with Gasteiger partial charge in [0.2, 0.25) is 0 Å². The number of allylic oxidation sites excluding steroid dienone is 5. The molecule has 0 aromatic rings. The first-order chi connectivity index (χ1) is 7.65. The summed E-state index contributed by atoms with van der Waals surface area (Å²) >= 11 is 0. The van der Waals surface area contributed by atoms with E-state index >= 15 is 0 Å². The van der Waals surface area contributed by atoms with E-state index in [0.29, 0.717) is 11.8 Å². The maximum Gasteiger partial charge on any atom is 0.195 e. The normalized spacial score (nSPS) is 33.8. The molecule has 1 aliphatic carbocycles. The van der Waals surface area contributed by atoms with E-state index in [0.717, 1.165) is 5.76 Å². The second-order valence-corrected chi connectivity index (χ2v) is 4.51. The van der Waals surface area contributed by atoms with Crippen molar-refractivity contribution in [1.82, 2.24) is 0 Å². The number of rotatable bonds is 1. The Morgan fingerprint density at radius 1 is 1.38 bits per heavy atom. The van der Waals surface area contributed by atoms with E-state index in [2.05, 4.69) is 44.0 Å². The average Bonchev–Trinajstić information content (AvgIpc) is 2.49. The van der Waals surface area contributed by atoms with E-state index in [-0.39, 0.29) is 6.23 Å². The Morgan fingerprint density at radius 2 is 2.12 bits per heavy atom. The van der Waals surface area contributed by atoms with Crippen molar-refractivity contribution in [2.45, 2.75) is 33.9 Å². The predicted molar refractivity (Wildman–Crippen MR) is 67.3 cm³/mol. The summed E-state index contributed by atoms with van der Waals surface area (Å²) in [7, 11) is 0. The molecule has 2 aliphatic rings. The second kappa shape index (κ2) is 4.28. The Morgan fingerprint density at radius 3 is 2.81 bits per heavy atom. The summed E-state index contributed by atoms with van der Waals surface area (Å²) < 4.78 is 5.95. The molecule has 0 aromatic heterocycles. The summed E-state index contributed by atoms with van der Waals surface area (Å²) in [4.78, 5) is 4.37. The summed E-state index contributed by atoms with van der Waals surface area (Å²) in [5, 5.41) is 0. The first-order valence-corrected chi connectivity index (χ1v) is 5.89. The molecule has 16 heavy (non-hydrogen) atoms. The summed E-state index contributed by atoms with van der Waals surface area (Å²) in [6, 6.07) is 0. The maximum absolute atomic E-state index is 5.95. The largest absolute Gasteiger partial charge is 0.468 e. The molecule has 86 valence electrons. The highest BCUT2D eigenvalue weighted by atomic mass is 16.5. The van der Waals surface area contributed by atoms with Crippen LogP contribution in [0, 0.1) is 11.8 Å². The van der Waals surface area contributed by atoms with Gasteiger partial charge >= 0.3 is 0 Å². The topological polar surface area (TPSA) is 21.6 Å². The van der Waals surface area contributed by atoms with Crippen LogP contribution in [0.3, 0.4) is 0 Å². The molecule has 1 unspecified atom stereocenters. The zero-order chi connectivity index (χ0) is 11.7. The zero-order valence-corrected chi connectivity index (χ0v) is 10.4. The number of aliphatic imine (C=N–C) groups is 1. The summed E-state index contributed by atoms with van der Waals surface area (Å²) in [5.74, 6) is 1.84. The van der Waals surface area contributed by atoms with Gasteiger partial charge < -0.3 is 4.74 Å². The van der Waals surface area contributed by atoms with Crippen LogP contribution in [0.4, 0.5) is 0 Å². The van der Waals surface area contributed by atoms with Crippen LogP contribution < -0.4 is 0 Å². The molecule has 0 spiro atoms. The van der Waals surface area contributed by atoms with Crippen molar-refractivity contribution in [3.8, 4) is 0 Å². The Kier molecular flexibility index (Phi) is 2.99. The number of hydrogen-bond acceptors (Lipinski definition) is 2. The highest BCUT2D eigenvalue weighted by molar-refractivity contribution is 5.54. The minimum Gasteiger partial charge on any atom is -0.468 e. The van der Waals surface area contributed by atoms with Crippen molar-refractivity contribution in [2.24, 2.45) is 16.8 Å². The zero-order valence-electron chi connectivity index (χ0n) is 10.4. The molecule has 1 saturated heterocycles. The Balaban J connectivity index is 2.41. The van der Waals surface area contributed by atoms with Crippen LogP contribution in [0.5, 0.6) is 0 Å². The molecule has 0 amide bonds. The van der Waals surface area contributed by atoms with Gasteiger partial charge in [0.25, 0.3) is 0 Å². The molecule has 0 aromatic carbocycles. The van der Waals surface area contributed by atoms with E-state index < -0.39 is 0 Å². The van der Waals surface area contributed by atoms with Crippen molar-refractivity contribution >= 4 is 6.21 Å². The van der Waals surface area contributed by atoms with Crippen molar-refractivity contribution < 1.29 is 4.74 Å². The molecule has 2 heteroatoms. The van der Waals surface area contributed by atoms with Gasteiger partial charge in [-0.15, -0.1) is 0 Å². The molecule has 0 bridgehead atoms. The minimum absolute atomic E-state index is 0.0418. The van der Waals surface area contributed by atoms with Gasteiger partial charge in [0.1, 0.15) is 5.76 Å². The van der Waals surface area contributed by atoms with Gasteiger partial charge in [-0.05, 0) is 31.6 Å². The standard InChI is InChI=1S/C14H19NO/c1-5-15-14-11(4)12-8-6-7-9(2)10(3)13(12)16-14/h5-9,11,14H,1-4H3/b15-5-/t9-,11?,14+/m0/s1. The highest BCUT2D eigenvalue weighted by Crippen LogP contribution is 2.40. The lowest BCUT2D eigenvalue weighted by Gasteiger charge is -2.11. The van der Waals surface area contributed by atoms with Gasteiger partial charge in [0, 0.05) is 11.5 Å². The molecule has 0 N–H and O–H groups in total. The van der Waals surface area contributed by atoms with E-state index in [4.69, 9.17) is 4.74 Å². The van der Waals surface area contributed by atoms with E-state index in [9.17, 15) is 0 Å². The van der Waals surface area contributed by atoms with E-state index in [1.54, 1.807) is 0 Å². The Labute approximate surface area is 97.4 Å². The van der Waals surface area contributed by atoms with Crippen LogP contribution >= 0.6 is 0 Å². The van der Waals surface area contributed by atoms with E-state index in [1.807, 2.05) is 13.1 Å². The number of hydrogen-bond donors (Lipinski definition) is 0. The SMILES string of the molecule is C/C=N\[C@@H]1OC2=C(C)[C@@H](C)C=CC=C2C1C. The first-order valence-electron chi connectivity index (χ1n) is 5.89. The van der Waals surface area contributed by atoms with Gasteiger partial charge in [-0.1, -0.05) is 32.1 Å². The monoisotopic (exact) mass is 217 g/mol. The summed E-state index contributed by atoms with van der Waals surface area (Å²) in [6.45, 7) is 8.45. The number of ether oxygens (including phenoxy) is 1. The van der Waals surface area contributed by atoms with Crippen LogP contribution in [0.15, 0.2) is 40.1 Å². The van der Waals surface area contributed by atoms with Crippen molar-refractivity contribution in [2.75, 3.05) is 0 Å². The van der Waals surface area contributed by atoms with E-state index in [1.165, 1.54) is 11.1 Å². The fourth-order valence-electron chi connectivity index (χ4n) is 2.18. The lowest BCUT2D eigenvalue weighted by atomic mass is 9.96. The van der Waals surface area contributed by atoms with Gasteiger partial charge in [-0.25, -0.2) is 0 Å². The fraction of sp³-hybridized carbons (Fsp3) is 0.500. The third kappa shape index (κ3) is 1.73. The molecule has 2 nitrogen and oxygen atoms in total. The molecule has 0 saturated carbocycles. The number of nitrogens with zero attached hydrogens (tertiary/aromatic N) is 1. The molecule has 1 fully saturated rings. The van der Waals surface area contributed by atoms with Gasteiger partial charge in [0.05, 0.1) is 0 Å². The van der Waals surface area contributed by atoms with Crippen LogP contribution in [0.1, 0.15) is 27.7 Å². The Hall–Kier alpha value is -1.31. The molecule has 0 radical (unpaired) electrons. The lowest BCUT2D eigenvalue weighted by Crippen LogP contribution is -2.10. The maximum atomic E-state index is 5.95. The average molecular weight is 217 g/mol. The second-order valence-electron chi connectivity index (χ2n) is 4.51. The molecular weight excluding hydrogens is 198 g/mol. The fourth-order valence-corrected chi connectivity index (χ4v) is 2.18. The molecule has 1 aliphatic heterocycles. The molecule has 2 rings (SSSR count). The van der Waals surface area contributed by atoms with Crippen molar-refractivity contribution in [3.63, 3.8) is 0 Å². The number of fused-ring (bicyclic) bond motifs is 1. The molecule has 1 heterocycles. The smallest absolute Gasteiger partial charge is 0.195 e. The lowest BCUT2D eigenvalue weighted by molar-refractivity contribution is 0.142. The van der Waals surface area contributed by atoms with Crippen LogP contribution in [-0.4, -0.2) is 12.4 Å².